The average molecular weight is 746 g/mol. The molecule has 1 saturated heterocycles. The normalized spacial score (nSPS) is 18.4. The molecule has 1 heterocycles. The summed E-state index contributed by atoms with van der Waals surface area (Å²) in [5, 5.41) is 6.01. The maximum atomic E-state index is 14.0. The Kier molecular flexibility index (Phi) is 22.1. The molecule has 0 radical (unpaired) electrons. The van der Waals surface area contributed by atoms with E-state index in [1.165, 1.54) is 6.42 Å². The minimum atomic E-state index is -0.570. The Balaban J connectivity index is 0.00000452. The van der Waals surface area contributed by atoms with Crippen molar-refractivity contribution < 1.29 is 28.7 Å². The van der Waals surface area contributed by atoms with E-state index in [2.05, 4.69) is 31.4 Å². The molecular weight excluding hydrogens is 670 g/mol. The molecular formula is C42H75N5O6. The second kappa shape index (κ2) is 24.4. The molecule has 1 fully saturated rings. The SMILES string of the molecule is CCC.CCC(C)C(C(CC(=O)N1CCCC1C(OC)C(C)C(=O)NC(C)Cc1ccccc1)OC)N(C)C(=O)CNC(=O)C(C(C)C)N(C)C(C)C. The second-order valence-electron chi connectivity index (χ2n) is 15.6. The molecule has 53 heavy (non-hydrogen) atoms. The maximum absolute atomic E-state index is 14.0. The molecule has 8 atom stereocenters. The van der Waals surface area contributed by atoms with Crippen LogP contribution in [0.15, 0.2) is 30.3 Å². The fourth-order valence-electron chi connectivity index (χ4n) is 7.39. The van der Waals surface area contributed by atoms with Crippen molar-refractivity contribution in [2.75, 3.05) is 41.4 Å². The number of amides is 4. The van der Waals surface area contributed by atoms with Crippen LogP contribution in [0.1, 0.15) is 107 Å². The zero-order valence-electron chi connectivity index (χ0n) is 35.6. The van der Waals surface area contributed by atoms with Gasteiger partial charge < -0.3 is 29.9 Å². The number of nitrogens with one attached hydrogen (secondary N) is 2. The van der Waals surface area contributed by atoms with Gasteiger partial charge in [0.15, 0.2) is 0 Å². The number of hydrogen-bond donors (Lipinski definition) is 2. The average Bonchev–Trinajstić information content (AvgIpc) is 3.60. The van der Waals surface area contributed by atoms with E-state index in [0.717, 1.165) is 31.2 Å². The van der Waals surface area contributed by atoms with Gasteiger partial charge in [-0.05, 0) is 64.5 Å². The molecule has 11 heteroatoms. The van der Waals surface area contributed by atoms with Crippen molar-refractivity contribution in [3.05, 3.63) is 35.9 Å². The number of nitrogens with zero attached hydrogens (tertiary/aromatic N) is 3. The van der Waals surface area contributed by atoms with Crippen LogP contribution in [-0.4, -0.2) is 122 Å². The lowest BCUT2D eigenvalue weighted by Gasteiger charge is -2.39. The van der Waals surface area contributed by atoms with E-state index in [9.17, 15) is 19.2 Å². The minimum absolute atomic E-state index is 0.0237. The summed E-state index contributed by atoms with van der Waals surface area (Å²) in [5.41, 5.74) is 1.15. The molecule has 0 bridgehead atoms. The number of methoxy groups -OCH3 is 2. The Morgan fingerprint density at radius 1 is 0.906 bits per heavy atom. The summed E-state index contributed by atoms with van der Waals surface area (Å²) in [7, 11) is 6.82. The van der Waals surface area contributed by atoms with Crippen LogP contribution in [0.5, 0.6) is 0 Å². The number of likely N-dealkylation sites (tertiary alicyclic amines) is 1. The van der Waals surface area contributed by atoms with E-state index in [1.54, 1.807) is 26.2 Å². The lowest BCUT2D eigenvalue weighted by atomic mass is 9.90. The van der Waals surface area contributed by atoms with Crippen LogP contribution in [0.2, 0.25) is 0 Å². The molecule has 1 aromatic carbocycles. The van der Waals surface area contributed by atoms with Crippen molar-refractivity contribution in [3.63, 3.8) is 0 Å². The van der Waals surface area contributed by atoms with Crippen LogP contribution < -0.4 is 10.6 Å². The van der Waals surface area contributed by atoms with Crippen LogP contribution in [-0.2, 0) is 35.1 Å². The Morgan fingerprint density at radius 2 is 1.51 bits per heavy atom. The zero-order chi connectivity index (χ0) is 40.4. The molecule has 1 aliphatic rings. The molecule has 1 aliphatic heterocycles. The highest BCUT2D eigenvalue weighted by Crippen LogP contribution is 2.29. The smallest absolute Gasteiger partial charge is 0.242 e. The Labute approximate surface area is 322 Å². The van der Waals surface area contributed by atoms with E-state index in [4.69, 9.17) is 9.47 Å². The number of ether oxygens (including phenoxy) is 2. The highest BCUT2D eigenvalue weighted by molar-refractivity contribution is 5.88. The largest absolute Gasteiger partial charge is 0.379 e. The summed E-state index contributed by atoms with van der Waals surface area (Å²) in [6.45, 7) is 20.7. The first-order chi connectivity index (χ1) is 25.0. The van der Waals surface area contributed by atoms with Crippen molar-refractivity contribution in [1.29, 1.82) is 0 Å². The summed E-state index contributed by atoms with van der Waals surface area (Å²) in [4.78, 5) is 59.6. The van der Waals surface area contributed by atoms with E-state index >= 15 is 0 Å². The molecule has 8 unspecified atom stereocenters. The summed E-state index contributed by atoms with van der Waals surface area (Å²) in [6, 6.07) is 9.15. The Morgan fingerprint density at radius 3 is 2.02 bits per heavy atom. The minimum Gasteiger partial charge on any atom is -0.379 e. The van der Waals surface area contributed by atoms with Crippen molar-refractivity contribution in [2.24, 2.45) is 17.8 Å². The van der Waals surface area contributed by atoms with E-state index in [0.29, 0.717) is 6.54 Å². The van der Waals surface area contributed by atoms with Gasteiger partial charge in [-0.15, -0.1) is 0 Å². The lowest BCUT2D eigenvalue weighted by molar-refractivity contribution is -0.146. The highest BCUT2D eigenvalue weighted by atomic mass is 16.5. The molecule has 0 aromatic heterocycles. The first-order valence-corrected chi connectivity index (χ1v) is 19.9. The highest BCUT2D eigenvalue weighted by Gasteiger charge is 2.42. The van der Waals surface area contributed by atoms with Gasteiger partial charge in [-0.2, -0.15) is 0 Å². The quantitative estimate of drug-likeness (QED) is 0.180. The van der Waals surface area contributed by atoms with E-state index in [1.807, 2.05) is 95.6 Å². The number of hydrogen-bond acceptors (Lipinski definition) is 7. The van der Waals surface area contributed by atoms with E-state index in [-0.39, 0.29) is 72.6 Å². The first kappa shape index (κ1) is 48.0. The third kappa shape index (κ3) is 14.6. The molecule has 0 spiro atoms. The van der Waals surface area contributed by atoms with Gasteiger partial charge in [-0.1, -0.05) is 91.6 Å². The van der Waals surface area contributed by atoms with Gasteiger partial charge in [-0.3, -0.25) is 24.1 Å². The van der Waals surface area contributed by atoms with Crippen molar-refractivity contribution >= 4 is 23.6 Å². The molecule has 0 saturated carbocycles. The van der Waals surface area contributed by atoms with Crippen LogP contribution in [0.25, 0.3) is 0 Å². The number of benzene rings is 1. The number of carbonyl (C=O) groups excluding carboxylic acids is 4. The molecule has 2 N–H and O–H groups in total. The number of carbonyl (C=O) groups is 4. The van der Waals surface area contributed by atoms with Gasteiger partial charge in [0.05, 0.1) is 49.2 Å². The summed E-state index contributed by atoms with van der Waals surface area (Å²) < 4.78 is 11.9. The predicted molar refractivity (Wildman–Crippen MR) is 214 cm³/mol. The topological polar surface area (TPSA) is 121 Å². The van der Waals surface area contributed by atoms with Crippen molar-refractivity contribution in [3.8, 4) is 0 Å². The van der Waals surface area contributed by atoms with Gasteiger partial charge in [0.1, 0.15) is 0 Å². The van der Waals surface area contributed by atoms with Gasteiger partial charge in [-0.25, -0.2) is 0 Å². The Hall–Kier alpha value is -3.02. The third-order valence-corrected chi connectivity index (χ3v) is 10.6. The summed E-state index contributed by atoms with van der Waals surface area (Å²) >= 11 is 0. The van der Waals surface area contributed by atoms with Gasteiger partial charge in [0, 0.05) is 39.9 Å². The first-order valence-electron chi connectivity index (χ1n) is 19.9. The molecule has 304 valence electrons. The maximum Gasteiger partial charge on any atom is 0.242 e. The molecule has 4 amide bonds. The van der Waals surface area contributed by atoms with Crippen LogP contribution in [0.4, 0.5) is 0 Å². The second-order valence-corrected chi connectivity index (χ2v) is 15.6. The fraction of sp³-hybridized carbons (Fsp3) is 0.762. The van der Waals surface area contributed by atoms with E-state index < -0.39 is 24.2 Å². The predicted octanol–water partition coefficient (Wildman–Crippen LogP) is 5.55. The number of likely N-dealkylation sites (N-methyl/N-ethyl adjacent to an activating group) is 2. The number of rotatable bonds is 20. The van der Waals surface area contributed by atoms with Crippen molar-refractivity contribution in [2.45, 2.75) is 150 Å². The van der Waals surface area contributed by atoms with Gasteiger partial charge in [0.2, 0.25) is 23.6 Å². The molecule has 2 rings (SSSR count). The monoisotopic (exact) mass is 746 g/mol. The van der Waals surface area contributed by atoms with Crippen LogP contribution in [0, 0.1) is 17.8 Å². The lowest BCUT2D eigenvalue weighted by Crippen LogP contribution is -2.56. The van der Waals surface area contributed by atoms with Crippen LogP contribution in [0.3, 0.4) is 0 Å². The fourth-order valence-corrected chi connectivity index (χ4v) is 7.39. The van der Waals surface area contributed by atoms with Crippen molar-refractivity contribution in [1.82, 2.24) is 25.3 Å². The van der Waals surface area contributed by atoms with Gasteiger partial charge >= 0.3 is 0 Å². The van der Waals surface area contributed by atoms with Gasteiger partial charge in [0.25, 0.3) is 0 Å². The molecule has 11 nitrogen and oxygen atoms in total. The van der Waals surface area contributed by atoms with Crippen LogP contribution >= 0.6 is 0 Å². The standard InChI is InChI=1S/C39H67N5O6.C3H8/c1-13-27(6)36(43(10)34(46)24-40-39(48)35(25(2)3)42(9)26(4)5)32(49-11)23-33(45)44-21-17-20-31(44)37(50-12)29(8)38(47)41-28(7)22-30-18-15-14-16-19-30;1-3-2/h14-16,18-19,25-29,31-32,35-37H,13,17,20-24H2,1-12H3,(H,40,48)(H,41,47);3H2,1-2H3. The molecule has 0 aliphatic carbocycles. The third-order valence-electron chi connectivity index (χ3n) is 10.6. The summed E-state index contributed by atoms with van der Waals surface area (Å²) in [5.74, 6) is -1.00. The Bertz CT molecular complexity index is 1230. The molecule has 1 aromatic rings. The zero-order valence-corrected chi connectivity index (χ0v) is 35.6. The summed E-state index contributed by atoms with van der Waals surface area (Å²) in [6.07, 6.45) is 3.31.